The van der Waals surface area contributed by atoms with E-state index in [9.17, 15) is 0 Å². The first-order valence-electron chi connectivity index (χ1n) is 6.85. The highest BCUT2D eigenvalue weighted by Crippen LogP contribution is 2.31. The zero-order valence-corrected chi connectivity index (χ0v) is 13.5. The Morgan fingerprint density at radius 3 is 2.55 bits per heavy atom. The lowest BCUT2D eigenvalue weighted by Gasteiger charge is -2.30. The number of pyridine rings is 1. The Kier molecular flexibility index (Phi) is 4.23. The van der Waals surface area contributed by atoms with Crippen molar-refractivity contribution in [1.82, 2.24) is 14.5 Å². The van der Waals surface area contributed by atoms with E-state index in [1.54, 1.807) is 7.11 Å². The molecule has 0 fully saturated rings. The number of halogens is 1. The van der Waals surface area contributed by atoms with E-state index in [1.165, 1.54) is 0 Å². The fraction of sp³-hybridized carbons (Fsp3) is 0.600. The monoisotopic (exact) mass is 295 g/mol. The number of alkyl halides is 1. The lowest BCUT2D eigenvalue weighted by atomic mass is 9.81. The van der Waals surface area contributed by atoms with Crippen molar-refractivity contribution in [2.75, 3.05) is 7.11 Å². The molecule has 0 N–H and O–H groups in total. The minimum Gasteiger partial charge on any atom is -0.481 e. The molecule has 0 unspecified atom stereocenters. The summed E-state index contributed by atoms with van der Waals surface area (Å²) in [4.78, 5) is 9.09. The molecule has 2 aromatic heterocycles. The number of aromatic nitrogens is 3. The van der Waals surface area contributed by atoms with E-state index in [0.29, 0.717) is 17.7 Å². The van der Waals surface area contributed by atoms with Gasteiger partial charge >= 0.3 is 0 Å². The molecule has 0 aliphatic rings. The van der Waals surface area contributed by atoms with Crippen LogP contribution < -0.4 is 4.74 Å². The minimum absolute atomic E-state index is 0.138. The molecule has 0 aliphatic heterocycles. The summed E-state index contributed by atoms with van der Waals surface area (Å²) in [6.07, 6.45) is 0. The fourth-order valence-electron chi connectivity index (χ4n) is 2.00. The molecular formula is C15H22ClN3O. The van der Waals surface area contributed by atoms with Gasteiger partial charge in [0.05, 0.1) is 13.0 Å². The van der Waals surface area contributed by atoms with Crippen molar-refractivity contribution in [3.8, 4) is 5.88 Å². The van der Waals surface area contributed by atoms with Gasteiger partial charge in [0.2, 0.25) is 5.88 Å². The molecule has 0 amide bonds. The average molecular weight is 296 g/mol. The van der Waals surface area contributed by atoms with E-state index in [2.05, 4.69) is 42.2 Å². The van der Waals surface area contributed by atoms with Crippen molar-refractivity contribution >= 4 is 22.8 Å². The number of hydrogen-bond donors (Lipinski definition) is 0. The van der Waals surface area contributed by atoms with Crippen LogP contribution in [0.2, 0.25) is 0 Å². The zero-order valence-electron chi connectivity index (χ0n) is 12.8. The summed E-state index contributed by atoms with van der Waals surface area (Å²) in [6, 6.07) is 3.75. The number of ether oxygens (including phenoxy) is 1. The van der Waals surface area contributed by atoms with Crippen LogP contribution in [0, 0.1) is 11.3 Å². The summed E-state index contributed by atoms with van der Waals surface area (Å²) < 4.78 is 7.33. The maximum absolute atomic E-state index is 6.04. The summed E-state index contributed by atoms with van der Waals surface area (Å²) in [7, 11) is 1.62. The van der Waals surface area contributed by atoms with Crippen molar-refractivity contribution in [2.45, 2.75) is 40.1 Å². The first-order valence-corrected chi connectivity index (χ1v) is 7.38. The molecule has 0 aliphatic carbocycles. The molecule has 110 valence electrons. The van der Waals surface area contributed by atoms with Crippen LogP contribution in [0.5, 0.6) is 5.88 Å². The number of hydrogen-bond acceptors (Lipinski definition) is 3. The summed E-state index contributed by atoms with van der Waals surface area (Å²) >= 11 is 6.04. The topological polar surface area (TPSA) is 39.9 Å². The third-order valence-corrected chi connectivity index (χ3v) is 4.34. The molecule has 0 radical (unpaired) electrons. The standard InChI is InChI=1S/C15H22ClN3O/c1-10(2)15(3,4)9-19-12(8-16)17-11-6-7-13(20-5)18-14(11)19/h6-7,10H,8-9H2,1-5H3. The summed E-state index contributed by atoms with van der Waals surface area (Å²) in [5, 5.41) is 0. The van der Waals surface area contributed by atoms with Gasteiger partial charge in [-0.1, -0.05) is 27.7 Å². The molecule has 20 heavy (non-hydrogen) atoms. The van der Waals surface area contributed by atoms with Crippen molar-refractivity contribution in [3.63, 3.8) is 0 Å². The second-order valence-corrected chi connectivity index (χ2v) is 6.35. The molecule has 2 heterocycles. The van der Waals surface area contributed by atoms with Crippen molar-refractivity contribution < 1.29 is 4.74 Å². The average Bonchev–Trinajstić information content (AvgIpc) is 2.75. The van der Waals surface area contributed by atoms with Crippen molar-refractivity contribution in [2.24, 2.45) is 11.3 Å². The Labute approximate surface area is 125 Å². The SMILES string of the molecule is COc1ccc2nc(CCl)n(CC(C)(C)C(C)C)c2n1. The molecule has 0 atom stereocenters. The van der Waals surface area contributed by atoms with E-state index >= 15 is 0 Å². The Bertz CT molecular complexity index is 604. The van der Waals surface area contributed by atoms with Gasteiger partial charge in [0, 0.05) is 12.6 Å². The minimum atomic E-state index is 0.138. The van der Waals surface area contributed by atoms with Crippen LogP contribution in [0.25, 0.3) is 11.2 Å². The van der Waals surface area contributed by atoms with Crippen LogP contribution in [0.4, 0.5) is 0 Å². The fourth-order valence-corrected chi connectivity index (χ4v) is 2.21. The van der Waals surface area contributed by atoms with Crippen LogP contribution in [0.1, 0.15) is 33.5 Å². The maximum Gasteiger partial charge on any atom is 0.215 e. The highest BCUT2D eigenvalue weighted by Gasteiger charge is 2.25. The summed E-state index contributed by atoms with van der Waals surface area (Å²) in [5.74, 6) is 2.39. The van der Waals surface area contributed by atoms with E-state index in [1.807, 2.05) is 12.1 Å². The predicted molar refractivity (Wildman–Crippen MR) is 82.3 cm³/mol. The maximum atomic E-state index is 6.04. The number of nitrogens with zero attached hydrogens (tertiary/aromatic N) is 3. The number of methoxy groups -OCH3 is 1. The van der Waals surface area contributed by atoms with E-state index in [-0.39, 0.29) is 5.41 Å². The Morgan fingerprint density at radius 2 is 2.00 bits per heavy atom. The molecular weight excluding hydrogens is 274 g/mol. The van der Waals surface area contributed by atoms with Gasteiger partial charge < -0.3 is 9.30 Å². The zero-order chi connectivity index (χ0) is 14.9. The van der Waals surface area contributed by atoms with Crippen LogP contribution in [0.3, 0.4) is 0 Å². The second-order valence-electron chi connectivity index (χ2n) is 6.09. The molecule has 0 spiro atoms. The van der Waals surface area contributed by atoms with Crippen LogP contribution in [0.15, 0.2) is 12.1 Å². The lowest BCUT2D eigenvalue weighted by molar-refractivity contribution is 0.210. The smallest absolute Gasteiger partial charge is 0.215 e. The van der Waals surface area contributed by atoms with E-state index < -0.39 is 0 Å². The van der Waals surface area contributed by atoms with Crippen LogP contribution >= 0.6 is 11.6 Å². The normalized spacial score (nSPS) is 12.3. The number of imidazole rings is 1. The third-order valence-electron chi connectivity index (χ3n) is 4.10. The number of rotatable bonds is 5. The lowest BCUT2D eigenvalue weighted by Crippen LogP contribution is -2.26. The largest absolute Gasteiger partial charge is 0.481 e. The molecule has 0 saturated carbocycles. The molecule has 5 heteroatoms. The van der Waals surface area contributed by atoms with Gasteiger partial charge in [0.25, 0.3) is 0 Å². The van der Waals surface area contributed by atoms with Crippen molar-refractivity contribution in [3.05, 3.63) is 18.0 Å². The van der Waals surface area contributed by atoms with Gasteiger partial charge in [-0.3, -0.25) is 0 Å². The molecule has 0 aromatic carbocycles. The Hall–Kier alpha value is -1.29. The highest BCUT2D eigenvalue weighted by atomic mass is 35.5. The summed E-state index contributed by atoms with van der Waals surface area (Å²) in [6.45, 7) is 9.80. The molecule has 2 rings (SSSR count). The first-order chi connectivity index (χ1) is 9.39. The number of fused-ring (bicyclic) bond motifs is 1. The predicted octanol–water partition coefficient (Wildman–Crippen LogP) is 3.86. The van der Waals surface area contributed by atoms with E-state index in [0.717, 1.165) is 23.5 Å². The molecule has 0 saturated heterocycles. The second kappa shape index (κ2) is 5.60. The third kappa shape index (κ3) is 2.75. The van der Waals surface area contributed by atoms with Gasteiger partial charge in [0.1, 0.15) is 11.3 Å². The van der Waals surface area contributed by atoms with Gasteiger partial charge in [-0.15, -0.1) is 11.6 Å². The Balaban J connectivity index is 2.54. The first kappa shape index (κ1) is 15.1. The van der Waals surface area contributed by atoms with Gasteiger partial charge in [-0.2, -0.15) is 4.98 Å². The van der Waals surface area contributed by atoms with E-state index in [4.69, 9.17) is 16.3 Å². The van der Waals surface area contributed by atoms with Crippen molar-refractivity contribution in [1.29, 1.82) is 0 Å². The highest BCUT2D eigenvalue weighted by molar-refractivity contribution is 6.16. The quantitative estimate of drug-likeness (QED) is 0.786. The van der Waals surface area contributed by atoms with Crippen LogP contribution in [-0.2, 0) is 12.4 Å². The van der Waals surface area contributed by atoms with Crippen LogP contribution in [-0.4, -0.2) is 21.6 Å². The molecule has 0 bridgehead atoms. The van der Waals surface area contributed by atoms with Gasteiger partial charge in [-0.05, 0) is 17.4 Å². The van der Waals surface area contributed by atoms with Gasteiger partial charge in [-0.25, -0.2) is 4.98 Å². The Morgan fingerprint density at radius 1 is 1.30 bits per heavy atom. The molecule has 4 nitrogen and oxygen atoms in total. The summed E-state index contributed by atoms with van der Waals surface area (Å²) in [5.41, 5.74) is 1.84. The van der Waals surface area contributed by atoms with Gasteiger partial charge in [0.15, 0.2) is 5.65 Å². The molecule has 2 aromatic rings.